The molecule has 0 N–H and O–H groups in total. The zero-order valence-corrected chi connectivity index (χ0v) is 33.2. The summed E-state index contributed by atoms with van der Waals surface area (Å²) in [5.74, 6) is 1.51. The van der Waals surface area contributed by atoms with Crippen LogP contribution in [-0.4, -0.2) is 24.1 Å². The second-order valence-corrected chi connectivity index (χ2v) is 15.3. The molecule has 290 valence electrons. The van der Waals surface area contributed by atoms with Crippen LogP contribution in [0.5, 0.6) is 0 Å². The van der Waals surface area contributed by atoms with E-state index in [4.69, 9.17) is 21.8 Å². The van der Waals surface area contributed by atoms with Gasteiger partial charge >= 0.3 is 0 Å². The van der Waals surface area contributed by atoms with E-state index < -0.39 is 6.04 Å². The molecule has 0 spiro atoms. The second-order valence-electron chi connectivity index (χ2n) is 15.3. The number of fused-ring (bicyclic) bond motifs is 7. The molecule has 5 heteroatoms. The molecule has 0 amide bonds. The van der Waals surface area contributed by atoms with Crippen molar-refractivity contribution in [3.63, 3.8) is 0 Å². The third-order valence-corrected chi connectivity index (χ3v) is 11.6. The molecular formula is C57H37N5. The van der Waals surface area contributed by atoms with Crippen molar-refractivity contribution in [2.45, 2.75) is 0 Å². The number of hydrogen-bond donors (Lipinski definition) is 0. The summed E-state index contributed by atoms with van der Waals surface area (Å²) in [5, 5.41) is 4.03. The fraction of sp³-hybridized carbons (Fsp3) is 0. The van der Waals surface area contributed by atoms with Crippen molar-refractivity contribution in [1.29, 1.82) is 0 Å². The smallest absolute Gasteiger partial charge is 0.238 e. The van der Waals surface area contributed by atoms with Crippen LogP contribution >= 0.6 is 0 Å². The second kappa shape index (κ2) is 14.7. The van der Waals surface area contributed by atoms with Gasteiger partial charge in [0, 0.05) is 38.4 Å². The molecule has 0 saturated heterocycles. The number of hydrogen-bond acceptors (Lipinski definition) is 3. The van der Waals surface area contributed by atoms with Crippen LogP contribution in [0.4, 0.5) is 0 Å². The van der Waals surface area contributed by atoms with E-state index in [0.29, 0.717) is 23.2 Å². The highest BCUT2D eigenvalue weighted by Crippen LogP contribution is 2.43. The van der Waals surface area contributed by atoms with Crippen LogP contribution in [0.3, 0.4) is 0 Å². The summed E-state index contributed by atoms with van der Waals surface area (Å²) in [4.78, 5) is 15.7. The number of benzene rings is 9. The van der Waals surface area contributed by atoms with Crippen LogP contribution < -0.4 is 0 Å². The van der Waals surface area contributed by atoms with Gasteiger partial charge in [0.05, 0.1) is 28.9 Å². The topological polar surface area (TPSA) is 48.5 Å². The van der Waals surface area contributed by atoms with Gasteiger partial charge in [-0.25, -0.2) is 4.98 Å². The lowest BCUT2D eigenvalue weighted by atomic mass is 9.98. The highest BCUT2D eigenvalue weighted by Gasteiger charge is 2.24. The molecule has 0 aliphatic heterocycles. The minimum Gasteiger partial charge on any atom is -0.307 e. The zero-order valence-electron chi connectivity index (χ0n) is 38.2. The average Bonchev–Trinajstić information content (AvgIpc) is 3.91. The van der Waals surface area contributed by atoms with E-state index in [9.17, 15) is 0 Å². The van der Waals surface area contributed by atoms with Crippen molar-refractivity contribution in [3.8, 4) is 67.8 Å². The Morgan fingerprint density at radius 3 is 1.35 bits per heavy atom. The van der Waals surface area contributed by atoms with Crippen molar-refractivity contribution >= 4 is 43.6 Å². The van der Waals surface area contributed by atoms with E-state index in [1.165, 1.54) is 0 Å². The van der Waals surface area contributed by atoms with Crippen molar-refractivity contribution in [2.75, 3.05) is 0 Å². The molecular weight excluding hydrogens is 755 g/mol. The lowest BCUT2D eigenvalue weighted by Crippen LogP contribution is -2.07. The Hall–Kier alpha value is -8.41. The summed E-state index contributed by atoms with van der Waals surface area (Å²) in [7, 11) is 0. The van der Waals surface area contributed by atoms with Crippen molar-refractivity contribution < 1.29 is 6.85 Å². The monoisotopic (exact) mass is 796 g/mol. The summed E-state index contributed by atoms with van der Waals surface area (Å²) in [6.07, 6.45) is 0. The fourth-order valence-electron chi connectivity index (χ4n) is 8.81. The fourth-order valence-corrected chi connectivity index (χ4v) is 8.81. The molecule has 0 radical (unpaired) electrons. The largest absolute Gasteiger partial charge is 0.307 e. The lowest BCUT2D eigenvalue weighted by molar-refractivity contribution is 0.953. The van der Waals surface area contributed by atoms with Crippen molar-refractivity contribution in [2.24, 2.45) is 0 Å². The summed E-state index contributed by atoms with van der Waals surface area (Å²) in [6, 6.07) is 63.7. The minimum atomic E-state index is -0.433. The number of nitrogens with zero attached hydrogens (tertiary/aromatic N) is 5. The number of aromatic nitrogens is 5. The van der Waals surface area contributed by atoms with Gasteiger partial charge in [-0.2, -0.15) is 9.97 Å². The molecule has 0 aliphatic carbocycles. The van der Waals surface area contributed by atoms with Crippen molar-refractivity contribution in [3.05, 3.63) is 224 Å². The first-order chi connectivity index (χ1) is 32.8. The van der Waals surface area contributed by atoms with Crippen LogP contribution in [0, 0.1) is 0 Å². The van der Waals surface area contributed by atoms with E-state index in [0.717, 1.165) is 82.7 Å². The molecule has 9 aromatic carbocycles. The first-order valence-electron chi connectivity index (χ1n) is 23.0. The van der Waals surface area contributed by atoms with Crippen LogP contribution in [0.15, 0.2) is 224 Å². The molecule has 3 heterocycles. The van der Waals surface area contributed by atoms with Crippen LogP contribution in [0.1, 0.15) is 6.85 Å². The van der Waals surface area contributed by atoms with Gasteiger partial charge in [-0.05, 0) is 63.7 Å². The van der Waals surface area contributed by atoms with E-state index in [1.54, 1.807) is 0 Å². The van der Waals surface area contributed by atoms with Gasteiger partial charge in [-0.3, -0.25) is 4.57 Å². The maximum absolute atomic E-state index is 9.06. The Kier molecular flexibility index (Phi) is 7.25. The minimum absolute atomic E-state index is 0.132. The zero-order chi connectivity index (χ0) is 45.3. The summed E-state index contributed by atoms with van der Waals surface area (Å²) >= 11 is 0. The third kappa shape index (κ3) is 5.98. The summed E-state index contributed by atoms with van der Waals surface area (Å²) < 4.78 is 48.1. The van der Waals surface area contributed by atoms with Crippen LogP contribution in [0.2, 0.25) is 0 Å². The number of rotatable bonds is 7. The van der Waals surface area contributed by atoms with Gasteiger partial charge < -0.3 is 4.57 Å². The van der Waals surface area contributed by atoms with Gasteiger partial charge in [-0.1, -0.05) is 194 Å². The van der Waals surface area contributed by atoms with E-state index >= 15 is 0 Å². The highest BCUT2D eigenvalue weighted by atomic mass is 15.2. The van der Waals surface area contributed by atoms with Gasteiger partial charge in [-0.15, -0.1) is 0 Å². The molecule has 12 rings (SSSR count). The maximum Gasteiger partial charge on any atom is 0.238 e. The molecule has 3 aromatic heterocycles. The van der Waals surface area contributed by atoms with Crippen molar-refractivity contribution in [1.82, 2.24) is 24.1 Å². The molecule has 12 aromatic rings. The van der Waals surface area contributed by atoms with E-state index in [1.807, 2.05) is 115 Å². The van der Waals surface area contributed by atoms with Gasteiger partial charge in [0.2, 0.25) is 5.95 Å². The Labute approximate surface area is 365 Å². The Balaban J connectivity index is 1.19. The summed E-state index contributed by atoms with van der Waals surface area (Å²) in [6.45, 7) is 0. The van der Waals surface area contributed by atoms with Crippen LogP contribution in [0.25, 0.3) is 111 Å². The molecule has 5 nitrogen and oxygen atoms in total. The normalized spacial score (nSPS) is 12.7. The van der Waals surface area contributed by atoms with Crippen LogP contribution in [-0.2, 0) is 0 Å². The third-order valence-electron chi connectivity index (χ3n) is 11.6. The Morgan fingerprint density at radius 2 is 0.758 bits per heavy atom. The Bertz CT molecular complexity index is 3880. The molecule has 0 atom stereocenters. The molecule has 62 heavy (non-hydrogen) atoms. The van der Waals surface area contributed by atoms with Gasteiger partial charge in [0.15, 0.2) is 11.6 Å². The molecule has 0 bridgehead atoms. The molecule has 0 fully saturated rings. The van der Waals surface area contributed by atoms with Gasteiger partial charge in [0.1, 0.15) is 0 Å². The standard InChI is InChI=1S/C57H37N5/c1-5-17-38(18-6-1)41-29-31-43(32-30-41)56-58-55(42-23-11-4-12-24-42)59-57(60-56)62-52-28-16-14-26-48(52)50-34-33-49-47-25-13-15-27-51(47)61(53(49)54(50)62)46-36-44(39-19-7-2-8-20-39)35-45(37-46)40-21-9-3-10-22-40/h1-37H/i2D,7D,8D,19D,20D. The SMILES string of the molecule is [2H]c1c([2H])c([2H])c(-c2cc(-c3ccccc3)cc(-n3c4ccccc4c4ccc5c6ccccc6n(-c6nc(-c7ccccc7)nc(-c7ccc(-c8ccccc8)cc7)n6)c5c43)c2)c([2H])c1[2H]. The summed E-state index contributed by atoms with van der Waals surface area (Å²) in [5.41, 5.74) is 10.6. The molecule has 0 saturated carbocycles. The number of para-hydroxylation sites is 2. The molecule has 0 unspecified atom stereocenters. The quantitative estimate of drug-likeness (QED) is 0.161. The van der Waals surface area contributed by atoms with E-state index in [2.05, 4.69) is 88.0 Å². The average molecular weight is 797 g/mol. The highest BCUT2D eigenvalue weighted by molar-refractivity contribution is 6.23. The predicted octanol–water partition coefficient (Wildman–Crippen LogP) is 14.4. The van der Waals surface area contributed by atoms with E-state index in [-0.39, 0.29) is 29.7 Å². The first kappa shape index (κ1) is 30.6. The predicted molar refractivity (Wildman–Crippen MR) is 256 cm³/mol. The van der Waals surface area contributed by atoms with Gasteiger partial charge in [0.25, 0.3) is 0 Å². The lowest BCUT2D eigenvalue weighted by Gasteiger charge is -2.16. The molecule has 0 aliphatic rings. The first-order valence-corrected chi connectivity index (χ1v) is 20.5. The Morgan fingerprint density at radius 1 is 0.323 bits per heavy atom. The maximum atomic E-state index is 9.06.